The first-order chi connectivity index (χ1) is 7.48. The molecule has 0 rings (SSSR count). The Bertz CT molecular complexity index is 264. The van der Waals surface area contributed by atoms with Crippen LogP contribution in [0, 0.1) is 11.8 Å². The normalized spacial score (nSPS) is 10.7. The second-order valence-corrected chi connectivity index (χ2v) is 7.55. The highest BCUT2D eigenvalue weighted by Gasteiger charge is 2.18. The standard InChI is InChI=1S/C12H18Br2O2/c1-2-3-4-5-6-7-9-12(13,14)10-8-11(15)16/h2-7,9H2,1H3,(H,15,16). The lowest BCUT2D eigenvalue weighted by atomic mass is 10.1. The van der Waals surface area contributed by atoms with Crippen molar-refractivity contribution in [3.63, 3.8) is 0 Å². The summed E-state index contributed by atoms with van der Waals surface area (Å²) in [5.74, 6) is 3.67. The molecule has 1 N–H and O–H groups in total. The summed E-state index contributed by atoms with van der Waals surface area (Å²) in [6.45, 7) is 2.20. The first kappa shape index (κ1) is 16.0. The molecule has 92 valence electrons. The van der Waals surface area contributed by atoms with Crippen molar-refractivity contribution < 1.29 is 9.90 Å². The van der Waals surface area contributed by atoms with Gasteiger partial charge in [0.1, 0.15) is 3.23 Å². The van der Waals surface area contributed by atoms with Crippen LogP contribution in [0.2, 0.25) is 0 Å². The summed E-state index contributed by atoms with van der Waals surface area (Å²) in [6, 6.07) is 0. The van der Waals surface area contributed by atoms with Crippen molar-refractivity contribution in [2.45, 2.75) is 55.1 Å². The summed E-state index contributed by atoms with van der Waals surface area (Å²) in [7, 11) is 0. The lowest BCUT2D eigenvalue weighted by Gasteiger charge is -2.12. The molecule has 0 aromatic rings. The SMILES string of the molecule is CCCCCCCCC(Br)(Br)C#CC(=O)O. The van der Waals surface area contributed by atoms with Gasteiger partial charge in [0.2, 0.25) is 0 Å². The van der Waals surface area contributed by atoms with Crippen molar-refractivity contribution in [2.75, 3.05) is 0 Å². The number of rotatable bonds is 7. The van der Waals surface area contributed by atoms with E-state index in [1.165, 1.54) is 32.1 Å². The van der Waals surface area contributed by atoms with Gasteiger partial charge in [-0.3, -0.25) is 0 Å². The molecule has 0 amide bonds. The summed E-state index contributed by atoms with van der Waals surface area (Å²) in [5.41, 5.74) is 0. The Balaban J connectivity index is 3.67. The van der Waals surface area contributed by atoms with Gasteiger partial charge in [-0.05, 0) is 6.42 Å². The Labute approximate surface area is 114 Å². The molecule has 0 aliphatic heterocycles. The van der Waals surface area contributed by atoms with E-state index in [9.17, 15) is 4.79 Å². The van der Waals surface area contributed by atoms with Gasteiger partial charge in [-0.15, -0.1) is 0 Å². The Morgan fingerprint density at radius 1 is 1.19 bits per heavy atom. The highest BCUT2D eigenvalue weighted by Crippen LogP contribution is 2.31. The average molecular weight is 354 g/mol. The summed E-state index contributed by atoms with van der Waals surface area (Å²) in [6.07, 6.45) is 8.13. The largest absolute Gasteiger partial charge is 0.472 e. The third kappa shape index (κ3) is 10.5. The molecule has 0 radical (unpaired) electrons. The number of hydrogen-bond acceptors (Lipinski definition) is 1. The fraction of sp³-hybridized carbons (Fsp3) is 0.750. The van der Waals surface area contributed by atoms with Crippen LogP contribution in [-0.2, 0) is 4.79 Å². The molecule has 0 fully saturated rings. The number of hydrogen-bond donors (Lipinski definition) is 1. The second kappa shape index (κ2) is 9.07. The fourth-order valence-corrected chi connectivity index (χ4v) is 2.09. The number of alkyl halides is 2. The van der Waals surface area contributed by atoms with Gasteiger partial charge >= 0.3 is 5.97 Å². The molecule has 0 saturated heterocycles. The monoisotopic (exact) mass is 352 g/mol. The van der Waals surface area contributed by atoms with Gasteiger partial charge in [0.05, 0.1) is 0 Å². The number of aliphatic carboxylic acids is 1. The average Bonchev–Trinajstić information content (AvgIpc) is 2.21. The van der Waals surface area contributed by atoms with Crippen LogP contribution in [0.15, 0.2) is 0 Å². The number of carboxylic acid groups (broad SMARTS) is 1. The molecule has 16 heavy (non-hydrogen) atoms. The van der Waals surface area contributed by atoms with E-state index < -0.39 is 9.20 Å². The predicted molar refractivity (Wildman–Crippen MR) is 74.0 cm³/mol. The van der Waals surface area contributed by atoms with Gasteiger partial charge in [0.15, 0.2) is 0 Å². The molecule has 0 unspecified atom stereocenters. The molecule has 0 heterocycles. The Hall–Kier alpha value is -0.0100. The Morgan fingerprint density at radius 2 is 1.75 bits per heavy atom. The highest BCUT2D eigenvalue weighted by molar-refractivity contribution is 9.25. The van der Waals surface area contributed by atoms with Crippen LogP contribution in [0.25, 0.3) is 0 Å². The van der Waals surface area contributed by atoms with E-state index in [1.807, 2.05) is 0 Å². The number of carboxylic acids is 1. The smallest absolute Gasteiger partial charge is 0.381 e. The quantitative estimate of drug-likeness (QED) is 0.420. The number of halogens is 2. The van der Waals surface area contributed by atoms with Crippen LogP contribution in [0.1, 0.15) is 51.9 Å². The molecule has 0 spiro atoms. The van der Waals surface area contributed by atoms with E-state index in [0.29, 0.717) is 0 Å². The van der Waals surface area contributed by atoms with Crippen molar-refractivity contribution >= 4 is 37.8 Å². The van der Waals surface area contributed by atoms with E-state index in [4.69, 9.17) is 5.11 Å². The van der Waals surface area contributed by atoms with Crippen LogP contribution < -0.4 is 0 Å². The van der Waals surface area contributed by atoms with E-state index in [2.05, 4.69) is 50.6 Å². The van der Waals surface area contributed by atoms with Crippen LogP contribution in [0.5, 0.6) is 0 Å². The minimum Gasteiger partial charge on any atom is -0.472 e. The van der Waals surface area contributed by atoms with E-state index in [1.54, 1.807) is 0 Å². The van der Waals surface area contributed by atoms with Crippen molar-refractivity contribution in [2.24, 2.45) is 0 Å². The van der Waals surface area contributed by atoms with Gasteiger partial charge in [-0.25, -0.2) is 4.79 Å². The van der Waals surface area contributed by atoms with E-state index >= 15 is 0 Å². The topological polar surface area (TPSA) is 37.3 Å². The highest BCUT2D eigenvalue weighted by atomic mass is 79.9. The zero-order chi connectivity index (χ0) is 12.4. The first-order valence-corrected chi connectivity index (χ1v) is 7.20. The van der Waals surface area contributed by atoms with Gasteiger partial charge in [-0.1, -0.05) is 83.2 Å². The van der Waals surface area contributed by atoms with Crippen LogP contribution >= 0.6 is 31.9 Å². The third-order valence-electron chi connectivity index (χ3n) is 2.20. The van der Waals surface area contributed by atoms with Crippen LogP contribution in [0.3, 0.4) is 0 Å². The molecule has 0 aromatic carbocycles. The Kier molecular flexibility index (Phi) is 9.06. The van der Waals surface area contributed by atoms with Crippen molar-refractivity contribution in [1.29, 1.82) is 0 Å². The summed E-state index contributed by atoms with van der Waals surface area (Å²) >= 11 is 6.75. The first-order valence-electron chi connectivity index (χ1n) is 5.62. The zero-order valence-electron chi connectivity index (χ0n) is 9.56. The van der Waals surface area contributed by atoms with Gasteiger partial charge < -0.3 is 5.11 Å². The molecule has 0 saturated carbocycles. The zero-order valence-corrected chi connectivity index (χ0v) is 12.7. The number of carbonyl (C=O) groups is 1. The van der Waals surface area contributed by atoms with Gasteiger partial charge in [-0.2, -0.15) is 0 Å². The molecule has 0 aromatic heterocycles. The maximum atomic E-state index is 10.3. The van der Waals surface area contributed by atoms with Crippen LogP contribution in [0.4, 0.5) is 0 Å². The molecular formula is C12H18Br2O2. The van der Waals surface area contributed by atoms with Crippen LogP contribution in [-0.4, -0.2) is 14.3 Å². The molecular weight excluding hydrogens is 336 g/mol. The third-order valence-corrected chi connectivity index (χ3v) is 3.39. The van der Waals surface area contributed by atoms with Crippen molar-refractivity contribution in [3.8, 4) is 11.8 Å². The summed E-state index contributed by atoms with van der Waals surface area (Å²) in [5, 5.41) is 8.43. The maximum Gasteiger partial charge on any atom is 0.381 e. The molecule has 0 aliphatic rings. The maximum absolute atomic E-state index is 10.3. The predicted octanol–water partition coefficient (Wildman–Crippen LogP) is 4.31. The summed E-state index contributed by atoms with van der Waals surface area (Å²) in [4.78, 5) is 10.3. The van der Waals surface area contributed by atoms with Crippen molar-refractivity contribution in [1.82, 2.24) is 0 Å². The minimum atomic E-state index is -1.09. The van der Waals surface area contributed by atoms with E-state index in [-0.39, 0.29) is 0 Å². The Morgan fingerprint density at radius 3 is 2.31 bits per heavy atom. The minimum absolute atomic E-state index is 0.539. The molecule has 0 bridgehead atoms. The molecule has 2 nitrogen and oxygen atoms in total. The molecule has 0 atom stereocenters. The summed E-state index contributed by atoms with van der Waals surface area (Å²) < 4.78 is -0.539. The second-order valence-electron chi connectivity index (χ2n) is 3.78. The number of unbranched alkanes of at least 4 members (excludes halogenated alkanes) is 5. The van der Waals surface area contributed by atoms with Gasteiger partial charge in [0, 0.05) is 5.92 Å². The van der Waals surface area contributed by atoms with E-state index in [0.717, 1.165) is 12.8 Å². The lowest BCUT2D eigenvalue weighted by molar-refractivity contribution is -0.130. The molecule has 4 heteroatoms. The van der Waals surface area contributed by atoms with Gasteiger partial charge in [0.25, 0.3) is 0 Å². The van der Waals surface area contributed by atoms with Crippen molar-refractivity contribution in [3.05, 3.63) is 0 Å². The fourth-order valence-electron chi connectivity index (χ4n) is 1.33. The lowest BCUT2D eigenvalue weighted by Crippen LogP contribution is -2.08. The molecule has 0 aliphatic carbocycles.